The topological polar surface area (TPSA) is 99.0 Å². The Kier molecular flexibility index (Phi) is 5.88. The summed E-state index contributed by atoms with van der Waals surface area (Å²) in [7, 11) is -3.57. The maximum atomic E-state index is 12.4. The van der Waals surface area contributed by atoms with Gasteiger partial charge in [-0.25, -0.2) is 13.4 Å². The number of sulfonamides is 1. The van der Waals surface area contributed by atoms with E-state index in [-0.39, 0.29) is 5.75 Å². The second kappa shape index (κ2) is 8.75. The standard InChI is InChI=1S/C21H18ClN5O3S/c1-15-23-12-13-27(15)20-10-11-21(25-24-20)30-19-8-6-18(7-9-19)26-31(28,29)14-16-2-4-17(22)5-3-16/h2-13,26H,14H2,1H3. The molecule has 4 aromatic rings. The van der Waals surface area contributed by atoms with Crippen molar-refractivity contribution >= 4 is 27.3 Å². The third-order valence-corrected chi connectivity index (χ3v) is 5.83. The zero-order chi connectivity index (χ0) is 21.8. The lowest BCUT2D eigenvalue weighted by molar-refractivity contribution is 0.454. The summed E-state index contributed by atoms with van der Waals surface area (Å²) in [6.07, 6.45) is 3.49. The van der Waals surface area contributed by atoms with Gasteiger partial charge in [-0.15, -0.1) is 10.2 Å². The summed E-state index contributed by atoms with van der Waals surface area (Å²) >= 11 is 5.83. The van der Waals surface area contributed by atoms with Crippen molar-refractivity contribution < 1.29 is 13.2 Å². The largest absolute Gasteiger partial charge is 0.438 e. The average Bonchev–Trinajstić information content (AvgIpc) is 3.17. The van der Waals surface area contributed by atoms with Crippen molar-refractivity contribution in [1.29, 1.82) is 0 Å². The van der Waals surface area contributed by atoms with Crippen LogP contribution in [0.1, 0.15) is 11.4 Å². The number of hydrogen-bond donors (Lipinski definition) is 1. The van der Waals surface area contributed by atoms with Gasteiger partial charge in [0.25, 0.3) is 0 Å². The highest BCUT2D eigenvalue weighted by Gasteiger charge is 2.12. The van der Waals surface area contributed by atoms with Crippen LogP contribution in [0.3, 0.4) is 0 Å². The predicted octanol–water partition coefficient (Wildman–Crippen LogP) is 4.36. The first-order chi connectivity index (χ1) is 14.9. The summed E-state index contributed by atoms with van der Waals surface area (Å²) in [5.74, 6) is 2.10. The molecule has 0 spiro atoms. The quantitative estimate of drug-likeness (QED) is 0.444. The zero-order valence-electron chi connectivity index (χ0n) is 16.4. The molecule has 8 nitrogen and oxygen atoms in total. The number of hydrogen-bond acceptors (Lipinski definition) is 6. The average molecular weight is 456 g/mol. The Labute approximate surface area is 184 Å². The summed E-state index contributed by atoms with van der Waals surface area (Å²) in [4.78, 5) is 4.15. The molecule has 0 atom stereocenters. The van der Waals surface area contributed by atoms with Crippen LogP contribution in [-0.4, -0.2) is 28.2 Å². The molecule has 0 aliphatic carbocycles. The molecule has 10 heteroatoms. The second-order valence-electron chi connectivity index (χ2n) is 6.69. The second-order valence-corrected chi connectivity index (χ2v) is 8.85. The maximum Gasteiger partial charge on any atom is 0.238 e. The minimum Gasteiger partial charge on any atom is -0.438 e. The van der Waals surface area contributed by atoms with Crippen LogP contribution < -0.4 is 9.46 Å². The van der Waals surface area contributed by atoms with E-state index in [2.05, 4.69) is 19.9 Å². The monoisotopic (exact) mass is 455 g/mol. The number of imidazole rings is 1. The van der Waals surface area contributed by atoms with Crippen LogP contribution >= 0.6 is 11.6 Å². The summed E-state index contributed by atoms with van der Waals surface area (Å²) in [6, 6.07) is 16.7. The van der Waals surface area contributed by atoms with Crippen molar-refractivity contribution in [3.8, 4) is 17.4 Å². The molecule has 0 saturated heterocycles. The number of rotatable bonds is 7. The van der Waals surface area contributed by atoms with Crippen molar-refractivity contribution in [2.45, 2.75) is 12.7 Å². The van der Waals surface area contributed by atoms with E-state index in [1.807, 2.05) is 11.5 Å². The summed E-state index contributed by atoms with van der Waals surface area (Å²) in [5, 5.41) is 8.76. The third kappa shape index (κ3) is 5.39. The number of ether oxygens (including phenoxy) is 1. The summed E-state index contributed by atoms with van der Waals surface area (Å²) in [5.41, 5.74) is 1.07. The molecule has 0 bridgehead atoms. The van der Waals surface area contributed by atoms with Gasteiger partial charge in [0, 0.05) is 29.2 Å². The molecule has 2 heterocycles. The molecule has 0 aliphatic rings. The first-order valence-corrected chi connectivity index (χ1v) is 11.3. The SMILES string of the molecule is Cc1nccn1-c1ccc(Oc2ccc(NS(=O)(=O)Cc3ccc(Cl)cc3)cc2)nn1. The third-order valence-electron chi connectivity index (χ3n) is 4.32. The predicted molar refractivity (Wildman–Crippen MR) is 118 cm³/mol. The normalized spacial score (nSPS) is 11.3. The first-order valence-electron chi connectivity index (χ1n) is 9.25. The highest BCUT2D eigenvalue weighted by Crippen LogP contribution is 2.23. The smallest absolute Gasteiger partial charge is 0.238 e. The van der Waals surface area contributed by atoms with Gasteiger partial charge in [0.1, 0.15) is 11.6 Å². The van der Waals surface area contributed by atoms with E-state index in [9.17, 15) is 8.42 Å². The van der Waals surface area contributed by atoms with Crippen LogP contribution in [-0.2, 0) is 15.8 Å². The van der Waals surface area contributed by atoms with Crippen molar-refractivity contribution in [2.75, 3.05) is 4.72 Å². The Morgan fingerprint density at radius 1 is 1.00 bits per heavy atom. The molecule has 2 aromatic heterocycles. The van der Waals surface area contributed by atoms with Gasteiger partial charge < -0.3 is 4.74 Å². The number of nitrogens with one attached hydrogen (secondary N) is 1. The van der Waals surface area contributed by atoms with Gasteiger partial charge in [0.15, 0.2) is 5.82 Å². The lowest BCUT2D eigenvalue weighted by atomic mass is 10.2. The number of halogens is 1. The van der Waals surface area contributed by atoms with Crippen molar-refractivity contribution in [3.63, 3.8) is 0 Å². The van der Waals surface area contributed by atoms with Crippen molar-refractivity contribution in [3.05, 3.63) is 89.5 Å². The fourth-order valence-corrected chi connectivity index (χ4v) is 4.17. The van der Waals surface area contributed by atoms with Gasteiger partial charge in [0.2, 0.25) is 15.9 Å². The van der Waals surface area contributed by atoms with Crippen molar-refractivity contribution in [2.24, 2.45) is 0 Å². The molecule has 1 N–H and O–H groups in total. The van der Waals surface area contributed by atoms with Crippen LogP contribution in [0, 0.1) is 6.92 Å². The molecule has 0 fully saturated rings. The fourth-order valence-electron chi connectivity index (χ4n) is 2.84. The number of benzene rings is 2. The van der Waals surface area contributed by atoms with Gasteiger partial charge in [-0.1, -0.05) is 23.7 Å². The number of aryl methyl sites for hydroxylation is 1. The fraction of sp³-hybridized carbons (Fsp3) is 0.0952. The van der Waals surface area contributed by atoms with E-state index in [4.69, 9.17) is 16.3 Å². The first kappa shape index (κ1) is 20.8. The molecule has 0 unspecified atom stereocenters. The Morgan fingerprint density at radius 2 is 1.74 bits per heavy atom. The summed E-state index contributed by atoms with van der Waals surface area (Å²) < 4.78 is 34.8. The van der Waals surface area contributed by atoms with Crippen LogP contribution in [0.4, 0.5) is 5.69 Å². The van der Waals surface area contributed by atoms with Crippen LogP contribution in [0.15, 0.2) is 73.1 Å². The molecule has 2 aromatic carbocycles. The van der Waals surface area contributed by atoms with Gasteiger partial charge in [0.05, 0.1) is 5.75 Å². The summed E-state index contributed by atoms with van der Waals surface area (Å²) in [6.45, 7) is 1.87. The lowest BCUT2D eigenvalue weighted by Crippen LogP contribution is -2.14. The van der Waals surface area contributed by atoms with E-state index in [1.54, 1.807) is 73.1 Å². The van der Waals surface area contributed by atoms with Gasteiger partial charge >= 0.3 is 0 Å². The Balaban J connectivity index is 1.39. The molecule has 0 saturated carbocycles. The van der Waals surface area contributed by atoms with E-state index < -0.39 is 10.0 Å². The van der Waals surface area contributed by atoms with Crippen LogP contribution in [0.5, 0.6) is 11.6 Å². The zero-order valence-corrected chi connectivity index (χ0v) is 18.0. The van der Waals surface area contributed by atoms with E-state index in [0.717, 1.165) is 5.82 Å². The number of aromatic nitrogens is 4. The Bertz CT molecular complexity index is 1270. The lowest BCUT2D eigenvalue weighted by Gasteiger charge is -2.10. The Hall–Kier alpha value is -3.43. The number of anilines is 1. The highest BCUT2D eigenvalue weighted by molar-refractivity contribution is 7.91. The molecular formula is C21H18ClN5O3S. The molecule has 0 aliphatic heterocycles. The molecule has 31 heavy (non-hydrogen) atoms. The highest BCUT2D eigenvalue weighted by atomic mass is 35.5. The minimum absolute atomic E-state index is 0.152. The van der Waals surface area contributed by atoms with E-state index >= 15 is 0 Å². The molecule has 0 radical (unpaired) electrons. The van der Waals surface area contributed by atoms with E-state index in [0.29, 0.717) is 33.7 Å². The molecular weight excluding hydrogens is 438 g/mol. The molecule has 158 valence electrons. The van der Waals surface area contributed by atoms with Gasteiger partial charge in [-0.05, 0) is 55.0 Å². The number of nitrogens with zero attached hydrogens (tertiary/aromatic N) is 4. The van der Waals surface area contributed by atoms with Crippen LogP contribution in [0.25, 0.3) is 5.82 Å². The Morgan fingerprint density at radius 3 is 2.35 bits per heavy atom. The van der Waals surface area contributed by atoms with E-state index in [1.165, 1.54) is 0 Å². The molecule has 0 amide bonds. The van der Waals surface area contributed by atoms with Gasteiger partial charge in [-0.2, -0.15) is 0 Å². The van der Waals surface area contributed by atoms with Gasteiger partial charge in [-0.3, -0.25) is 9.29 Å². The maximum absolute atomic E-state index is 12.4. The van der Waals surface area contributed by atoms with Crippen LogP contribution in [0.2, 0.25) is 5.02 Å². The molecule has 4 rings (SSSR count). The minimum atomic E-state index is -3.57. The van der Waals surface area contributed by atoms with Crippen molar-refractivity contribution in [1.82, 2.24) is 19.7 Å².